The van der Waals surface area contributed by atoms with Crippen LogP contribution in [0.3, 0.4) is 0 Å². The molecule has 5 N–H and O–H groups in total. The molecule has 0 fully saturated rings. The Balaban J connectivity index is 3.77. The maximum Gasteiger partial charge on any atom is 0.410 e. The summed E-state index contributed by atoms with van der Waals surface area (Å²) < 4.78 is 10.6. The van der Waals surface area contributed by atoms with Crippen LogP contribution in [0.1, 0.15) is 93.6 Å². The Morgan fingerprint density at radius 2 is 1.26 bits per heavy atom. The minimum absolute atomic E-state index is 0.143. The summed E-state index contributed by atoms with van der Waals surface area (Å²) >= 11 is 0. The van der Waals surface area contributed by atoms with Crippen molar-refractivity contribution in [2.75, 3.05) is 21.1 Å². The summed E-state index contributed by atoms with van der Waals surface area (Å²) in [5.41, 5.74) is -10.8. The van der Waals surface area contributed by atoms with Gasteiger partial charge < -0.3 is 40.3 Å². The predicted octanol–water partition coefficient (Wildman–Crippen LogP) is 2.09. The number of esters is 1. The van der Waals surface area contributed by atoms with Crippen molar-refractivity contribution < 1.29 is 58.4 Å². The van der Waals surface area contributed by atoms with Gasteiger partial charge in [0.15, 0.2) is 34.3 Å². The van der Waals surface area contributed by atoms with E-state index < -0.39 is 100 Å². The molecule has 0 aliphatic heterocycles. The summed E-state index contributed by atoms with van der Waals surface area (Å²) in [6.45, 7) is 12.9. The van der Waals surface area contributed by atoms with Crippen LogP contribution in [-0.4, -0.2) is 123 Å². The third-order valence-corrected chi connectivity index (χ3v) is 9.90. The standard InChI is InChI=1S/C39H61N3O12/c1-13-23(3)29(40-10)27(43)20-39(52,34(48)54-36(6,7)8)33(47)38(51,32(46)30(41-11)24(4)14-2)21-28(44)37(9,50)31(45)25(5)42(12)35(49)53-22-26-18-16-15-17-19-26/h15-19,23-25,29-30,40-41,50-52H,13-14,20-22H2,1-12H3/t23?,24?,25-,29-,30-,37?,38?,39?/m0/s1. The zero-order valence-electron chi connectivity index (χ0n) is 33.8. The van der Waals surface area contributed by atoms with E-state index in [1.807, 2.05) is 0 Å². The van der Waals surface area contributed by atoms with Crippen LogP contribution in [0.5, 0.6) is 0 Å². The number of amides is 1. The third-order valence-electron chi connectivity index (χ3n) is 9.90. The van der Waals surface area contributed by atoms with Crippen LogP contribution >= 0.6 is 0 Å². The molecule has 1 aromatic carbocycles. The number of rotatable bonds is 22. The number of benzene rings is 1. The monoisotopic (exact) mass is 763 g/mol. The summed E-state index contributed by atoms with van der Waals surface area (Å²) in [6.07, 6.45) is -3.03. The Labute approximate surface area is 318 Å². The lowest BCUT2D eigenvalue weighted by molar-refractivity contribution is -0.190. The van der Waals surface area contributed by atoms with E-state index in [0.717, 1.165) is 11.8 Å². The first-order valence-corrected chi connectivity index (χ1v) is 18.2. The van der Waals surface area contributed by atoms with E-state index in [1.54, 1.807) is 58.0 Å². The Kier molecular flexibility index (Phi) is 17.5. The van der Waals surface area contributed by atoms with E-state index in [4.69, 9.17) is 9.47 Å². The van der Waals surface area contributed by atoms with E-state index in [0.29, 0.717) is 18.4 Å². The average molecular weight is 764 g/mol. The van der Waals surface area contributed by atoms with Gasteiger partial charge in [-0.2, -0.15) is 0 Å². The summed E-state index contributed by atoms with van der Waals surface area (Å²) in [7, 11) is 4.01. The maximum atomic E-state index is 14.6. The average Bonchev–Trinajstić information content (AvgIpc) is 3.12. The van der Waals surface area contributed by atoms with Crippen molar-refractivity contribution in [3.8, 4) is 0 Å². The number of carbonyl (C=O) groups excluding carboxylic acids is 7. The van der Waals surface area contributed by atoms with Crippen LogP contribution in [0, 0.1) is 11.8 Å². The van der Waals surface area contributed by atoms with Gasteiger partial charge in [0.2, 0.25) is 11.4 Å². The fraction of sp³-hybridized carbons (Fsp3) is 0.667. The van der Waals surface area contributed by atoms with Gasteiger partial charge in [-0.25, -0.2) is 9.59 Å². The minimum Gasteiger partial charge on any atom is -0.457 e. The molecule has 0 saturated heterocycles. The molecule has 5 unspecified atom stereocenters. The van der Waals surface area contributed by atoms with Gasteiger partial charge in [-0.3, -0.25) is 24.0 Å². The van der Waals surface area contributed by atoms with Crippen molar-refractivity contribution in [3.63, 3.8) is 0 Å². The second-order valence-corrected chi connectivity index (χ2v) is 15.2. The van der Waals surface area contributed by atoms with E-state index in [9.17, 15) is 48.9 Å². The summed E-state index contributed by atoms with van der Waals surface area (Å²) in [4.78, 5) is 97.5. The Morgan fingerprint density at radius 1 is 0.759 bits per heavy atom. The molecular formula is C39H61N3O12. The van der Waals surface area contributed by atoms with Gasteiger partial charge in [-0.1, -0.05) is 70.9 Å². The van der Waals surface area contributed by atoms with Gasteiger partial charge in [-0.15, -0.1) is 0 Å². The lowest BCUT2D eigenvalue weighted by atomic mass is 9.71. The first-order chi connectivity index (χ1) is 24.8. The molecule has 304 valence electrons. The molecule has 8 atom stereocenters. The number of nitrogens with zero attached hydrogens (tertiary/aromatic N) is 1. The molecule has 0 spiro atoms. The highest BCUT2D eigenvalue weighted by molar-refractivity contribution is 6.25. The first kappa shape index (κ1) is 48.1. The first-order valence-electron chi connectivity index (χ1n) is 18.2. The van der Waals surface area contributed by atoms with Gasteiger partial charge in [0.05, 0.1) is 31.0 Å². The number of aliphatic hydroxyl groups is 3. The SMILES string of the molecule is CCC(C)[C@H](NC)C(=O)CC(O)(C(=O)OC(C)(C)C)C(=O)C(O)(CC(=O)C(C)(O)C(=O)[C@H](C)N(C)C(=O)OCc1ccccc1)C(=O)[C@@H](NC)C(C)CC. The van der Waals surface area contributed by atoms with Gasteiger partial charge in [0.25, 0.3) is 0 Å². The number of ketones is 5. The van der Waals surface area contributed by atoms with Crippen LogP contribution in [-0.2, 0) is 44.8 Å². The number of ether oxygens (including phenoxy) is 2. The van der Waals surface area contributed by atoms with Crippen LogP contribution in [0.4, 0.5) is 4.79 Å². The van der Waals surface area contributed by atoms with E-state index in [2.05, 4.69) is 10.6 Å². The van der Waals surface area contributed by atoms with Crippen molar-refractivity contribution in [1.29, 1.82) is 0 Å². The Morgan fingerprint density at radius 3 is 1.72 bits per heavy atom. The molecule has 1 rings (SSSR count). The van der Waals surface area contributed by atoms with Crippen molar-refractivity contribution in [2.45, 2.75) is 135 Å². The molecular weight excluding hydrogens is 702 g/mol. The lowest BCUT2D eigenvalue weighted by Gasteiger charge is -2.38. The van der Waals surface area contributed by atoms with Crippen LogP contribution in [0.25, 0.3) is 0 Å². The van der Waals surface area contributed by atoms with Gasteiger partial charge in [-0.05, 0) is 66.1 Å². The molecule has 0 bridgehead atoms. The van der Waals surface area contributed by atoms with E-state index >= 15 is 0 Å². The van der Waals surface area contributed by atoms with Gasteiger partial charge in [0.1, 0.15) is 12.2 Å². The Hall–Kier alpha value is -3.89. The number of hydrogen-bond donors (Lipinski definition) is 5. The fourth-order valence-corrected chi connectivity index (χ4v) is 5.86. The fourth-order valence-electron chi connectivity index (χ4n) is 5.86. The topological polar surface area (TPSA) is 226 Å². The molecule has 0 aliphatic carbocycles. The van der Waals surface area contributed by atoms with Crippen molar-refractivity contribution in [1.82, 2.24) is 15.5 Å². The third kappa shape index (κ3) is 11.6. The lowest BCUT2D eigenvalue weighted by Crippen LogP contribution is -2.67. The normalized spacial score (nSPS) is 17.9. The van der Waals surface area contributed by atoms with Crippen LogP contribution < -0.4 is 10.6 Å². The highest BCUT2D eigenvalue weighted by Gasteiger charge is 2.62. The summed E-state index contributed by atoms with van der Waals surface area (Å²) in [6, 6.07) is 4.81. The number of Topliss-reactive ketones (excluding diaryl/α,β-unsaturated/α-hetero) is 5. The van der Waals surface area contributed by atoms with E-state index in [-0.39, 0.29) is 12.5 Å². The largest absolute Gasteiger partial charge is 0.457 e. The van der Waals surface area contributed by atoms with Crippen molar-refractivity contribution in [2.24, 2.45) is 11.8 Å². The zero-order chi connectivity index (χ0) is 42.0. The summed E-state index contributed by atoms with van der Waals surface area (Å²) in [5, 5.41) is 41.1. The molecule has 0 saturated carbocycles. The summed E-state index contributed by atoms with van der Waals surface area (Å²) in [5.74, 6) is -9.57. The van der Waals surface area contributed by atoms with Crippen molar-refractivity contribution in [3.05, 3.63) is 35.9 Å². The molecule has 0 radical (unpaired) electrons. The van der Waals surface area contributed by atoms with Crippen LogP contribution in [0.15, 0.2) is 30.3 Å². The quantitative estimate of drug-likeness (QED) is 0.0843. The molecule has 15 nitrogen and oxygen atoms in total. The number of carbonyl (C=O) groups is 7. The maximum absolute atomic E-state index is 14.6. The number of likely N-dealkylation sites (N-methyl/N-ethyl adjacent to an activating group) is 3. The predicted molar refractivity (Wildman–Crippen MR) is 199 cm³/mol. The highest BCUT2D eigenvalue weighted by Crippen LogP contribution is 2.33. The molecule has 0 heterocycles. The smallest absolute Gasteiger partial charge is 0.410 e. The highest BCUT2D eigenvalue weighted by atomic mass is 16.6. The molecule has 1 aromatic rings. The molecule has 1 amide bonds. The molecule has 15 heteroatoms. The number of hydrogen-bond acceptors (Lipinski definition) is 14. The van der Waals surface area contributed by atoms with E-state index in [1.165, 1.54) is 48.8 Å². The molecule has 0 aliphatic rings. The molecule has 54 heavy (non-hydrogen) atoms. The van der Waals surface area contributed by atoms with Gasteiger partial charge in [0, 0.05) is 7.05 Å². The van der Waals surface area contributed by atoms with Crippen LogP contribution in [0.2, 0.25) is 0 Å². The second-order valence-electron chi connectivity index (χ2n) is 15.2. The second kappa shape index (κ2) is 19.6. The Bertz CT molecular complexity index is 1510. The van der Waals surface area contributed by atoms with Gasteiger partial charge >= 0.3 is 12.1 Å². The van der Waals surface area contributed by atoms with Crippen molar-refractivity contribution >= 4 is 41.0 Å². The number of nitrogens with one attached hydrogen (secondary N) is 2. The molecule has 0 aromatic heterocycles. The zero-order valence-corrected chi connectivity index (χ0v) is 33.8. The minimum atomic E-state index is -3.60.